The number of aliphatic carboxylic acids is 4. The second kappa shape index (κ2) is 40.9. The van der Waals surface area contributed by atoms with Crippen LogP contribution in [0.4, 0.5) is 0 Å². The first kappa shape index (κ1) is 81.3. The summed E-state index contributed by atoms with van der Waals surface area (Å²) in [6.45, 7) is 5.75. The van der Waals surface area contributed by atoms with E-state index in [0.717, 1.165) is 6.92 Å². The summed E-state index contributed by atoms with van der Waals surface area (Å²) >= 11 is 4.07. The third-order valence-corrected chi connectivity index (χ3v) is 13.6. The molecule has 11 unspecified atom stereocenters. The van der Waals surface area contributed by atoms with Gasteiger partial charge in [0.1, 0.15) is 60.1 Å². The number of benzene rings is 1. The summed E-state index contributed by atoms with van der Waals surface area (Å²) in [6.07, 6.45) is -8.98. The Morgan fingerprint density at radius 1 is 0.452 bits per heavy atom. The van der Waals surface area contributed by atoms with Gasteiger partial charge in [-0.2, -0.15) is 12.6 Å². The molecule has 1 aromatic carbocycles. The summed E-state index contributed by atoms with van der Waals surface area (Å²) in [5, 5.41) is 82.9. The number of amides is 13. The van der Waals surface area contributed by atoms with Gasteiger partial charge in [-0.1, -0.05) is 39.8 Å². The fourth-order valence-corrected chi connectivity index (χ4v) is 8.60. The number of primary amides is 2. The zero-order chi connectivity index (χ0) is 71.0. The van der Waals surface area contributed by atoms with Gasteiger partial charge >= 0.3 is 23.9 Å². The van der Waals surface area contributed by atoms with Crippen LogP contribution in [0.1, 0.15) is 104 Å². The minimum Gasteiger partial charge on any atom is -0.508 e. The molecule has 0 heterocycles. The number of phenols is 1. The van der Waals surface area contributed by atoms with Gasteiger partial charge in [-0.25, -0.2) is 0 Å². The molecule has 0 bridgehead atoms. The lowest BCUT2D eigenvalue weighted by Gasteiger charge is -2.27. The quantitative estimate of drug-likeness (QED) is 0.0270. The lowest BCUT2D eigenvalue weighted by molar-refractivity contribution is -0.142. The van der Waals surface area contributed by atoms with Gasteiger partial charge in [0.2, 0.25) is 76.8 Å². The van der Waals surface area contributed by atoms with E-state index in [2.05, 4.69) is 55.2 Å². The molecule has 0 aliphatic heterocycles. The molecule has 0 aromatic heterocycles. The van der Waals surface area contributed by atoms with Crippen molar-refractivity contribution in [1.82, 2.24) is 58.5 Å². The second-order valence-corrected chi connectivity index (χ2v) is 22.4. The highest BCUT2D eigenvalue weighted by atomic mass is 32.1. The van der Waals surface area contributed by atoms with E-state index >= 15 is 0 Å². The third kappa shape index (κ3) is 32.2. The van der Waals surface area contributed by atoms with E-state index in [1.165, 1.54) is 24.3 Å². The van der Waals surface area contributed by atoms with Crippen LogP contribution in [-0.2, 0) is 87.9 Å². The summed E-state index contributed by atoms with van der Waals surface area (Å²) in [5.41, 5.74) is 16.9. The smallest absolute Gasteiger partial charge is 0.305 e. The van der Waals surface area contributed by atoms with Crippen molar-refractivity contribution in [2.75, 3.05) is 18.8 Å². The van der Waals surface area contributed by atoms with Crippen LogP contribution >= 0.6 is 12.6 Å². The predicted molar refractivity (Wildman–Crippen MR) is 323 cm³/mol. The lowest BCUT2D eigenvalue weighted by atomic mass is 10.0. The number of carboxylic acids is 4. The van der Waals surface area contributed by atoms with E-state index in [9.17, 15) is 112 Å². The van der Waals surface area contributed by atoms with Crippen LogP contribution in [0.25, 0.3) is 0 Å². The standard InChI is InChI=1S/C55H84N14O23S/c1-24(2)18-29(56)47(84)63-31(10-14-37(57)72)50(87)64-32(12-16-41(77)78)51(88)65-33(13-17-42(79)80)52(89)67-35(20-43(81)82)53(90)69-45(26(5)70)55(92)60-22-38(73)61-30(11-15-40(75)76)49(86)66-34(19-27-6-8-28(71)9-7-27)48(85)59-21-39(74)62-36(23-93)54(91)68-44(25(3)4)46(58)83/h6-9,24-26,29-36,44-45,70-71,93H,10-23,56H2,1-5H3,(H2,57,72)(H2,58,83)(H,59,85)(H,60,92)(H,61,73)(H,62,74)(H,63,84)(H,64,87)(H,65,88)(H,66,86)(H,67,89)(H,68,91)(H,69,90)(H,75,76)(H,77,78)(H,79,80)(H,81,82). The number of phenolic OH excluding ortho intramolecular Hbond substituents is 1. The van der Waals surface area contributed by atoms with Crippen LogP contribution in [0.5, 0.6) is 5.75 Å². The number of carbonyl (C=O) groups is 17. The Hall–Kier alpha value is -9.72. The van der Waals surface area contributed by atoms with Gasteiger partial charge in [0.15, 0.2) is 0 Å². The third-order valence-electron chi connectivity index (χ3n) is 13.3. The Labute approximate surface area is 537 Å². The number of aromatic hydroxyl groups is 1. The summed E-state index contributed by atoms with van der Waals surface area (Å²) in [5.74, 6) is -22.0. The molecule has 0 saturated carbocycles. The van der Waals surface area contributed by atoms with Gasteiger partial charge in [-0.15, -0.1) is 0 Å². The Morgan fingerprint density at radius 2 is 0.828 bits per heavy atom. The van der Waals surface area contributed by atoms with Gasteiger partial charge in [-0.3, -0.25) is 81.5 Å². The molecule has 11 atom stereocenters. The first-order valence-corrected chi connectivity index (χ1v) is 29.5. The summed E-state index contributed by atoms with van der Waals surface area (Å²) in [7, 11) is 0. The van der Waals surface area contributed by atoms with Crippen LogP contribution in [0.2, 0.25) is 0 Å². The Kier molecular flexibility index (Phi) is 35.8. The Balaban J connectivity index is 3.42. The molecule has 1 rings (SSSR count). The van der Waals surface area contributed by atoms with Crippen molar-refractivity contribution < 1.29 is 112 Å². The number of aliphatic hydroxyl groups is 1. The van der Waals surface area contributed by atoms with Gasteiger partial charge in [-0.05, 0) is 68.6 Å². The molecular weight excluding hydrogens is 1260 g/mol. The van der Waals surface area contributed by atoms with E-state index in [1.54, 1.807) is 27.7 Å². The van der Waals surface area contributed by atoms with Crippen molar-refractivity contribution in [1.29, 1.82) is 0 Å². The fraction of sp³-hybridized carbons (Fsp3) is 0.582. The molecule has 93 heavy (non-hydrogen) atoms. The van der Waals surface area contributed by atoms with Crippen molar-refractivity contribution in [2.24, 2.45) is 29.0 Å². The minimum atomic E-state index is -2.22. The first-order valence-electron chi connectivity index (χ1n) is 28.9. The zero-order valence-electron chi connectivity index (χ0n) is 51.5. The first-order chi connectivity index (χ1) is 43.3. The summed E-state index contributed by atoms with van der Waals surface area (Å²) in [4.78, 5) is 219. The molecular formula is C55H84N14O23S. The van der Waals surface area contributed by atoms with E-state index in [0.29, 0.717) is 5.56 Å². The number of nitrogens with two attached hydrogens (primary N) is 3. The highest BCUT2D eigenvalue weighted by molar-refractivity contribution is 7.80. The number of rotatable bonds is 44. The Bertz CT molecular complexity index is 2860. The molecule has 0 aliphatic carbocycles. The SMILES string of the molecule is CC(C)CC(N)C(=O)NC(CCC(N)=O)C(=O)NC(CCC(=O)O)C(=O)NC(CCC(=O)O)C(=O)NC(CC(=O)O)C(=O)NC(C(=O)NCC(=O)NC(CCC(=O)O)C(=O)NC(Cc1ccc(O)cc1)C(=O)NCC(=O)NC(CS)C(=O)NC(C(N)=O)C(C)C)C(C)O. The maximum Gasteiger partial charge on any atom is 0.305 e. The Morgan fingerprint density at radius 3 is 1.23 bits per heavy atom. The lowest BCUT2D eigenvalue weighted by Crippen LogP contribution is -2.61. The van der Waals surface area contributed by atoms with Crippen molar-refractivity contribution in [3.05, 3.63) is 29.8 Å². The normalized spacial score (nSPS) is 14.5. The van der Waals surface area contributed by atoms with Crippen molar-refractivity contribution in [3.63, 3.8) is 0 Å². The molecule has 13 amide bonds. The molecule has 0 spiro atoms. The molecule has 0 radical (unpaired) electrons. The molecule has 23 N–H and O–H groups in total. The number of carboxylic acid groups (broad SMARTS) is 4. The largest absolute Gasteiger partial charge is 0.508 e. The molecule has 37 nitrogen and oxygen atoms in total. The highest BCUT2D eigenvalue weighted by Crippen LogP contribution is 2.14. The van der Waals surface area contributed by atoms with Crippen molar-refractivity contribution >= 4 is 113 Å². The average molecular weight is 1340 g/mol. The van der Waals surface area contributed by atoms with Crippen LogP contribution in [0.15, 0.2) is 24.3 Å². The van der Waals surface area contributed by atoms with E-state index in [4.69, 9.17) is 17.2 Å². The molecule has 518 valence electrons. The summed E-state index contributed by atoms with van der Waals surface area (Å²) < 4.78 is 0. The maximum atomic E-state index is 13.9. The molecule has 1 aromatic rings. The molecule has 0 fully saturated rings. The van der Waals surface area contributed by atoms with E-state index in [1.807, 2.05) is 16.0 Å². The number of thiol groups is 1. The predicted octanol–water partition coefficient (Wildman–Crippen LogP) is -7.31. The molecule has 0 aliphatic rings. The number of aliphatic hydroxyl groups excluding tert-OH is 1. The van der Waals surface area contributed by atoms with Crippen LogP contribution in [0, 0.1) is 11.8 Å². The topological polar surface area (TPSA) is 622 Å². The monoisotopic (exact) mass is 1340 g/mol. The van der Waals surface area contributed by atoms with Crippen molar-refractivity contribution in [2.45, 2.75) is 172 Å². The van der Waals surface area contributed by atoms with Gasteiger partial charge in [0.25, 0.3) is 0 Å². The summed E-state index contributed by atoms with van der Waals surface area (Å²) in [6, 6.07) is -11.6. The maximum absolute atomic E-state index is 13.9. The molecule has 0 saturated heterocycles. The van der Waals surface area contributed by atoms with Crippen LogP contribution < -0.4 is 75.7 Å². The number of carbonyl (C=O) groups excluding carboxylic acids is 13. The highest BCUT2D eigenvalue weighted by Gasteiger charge is 2.37. The zero-order valence-corrected chi connectivity index (χ0v) is 52.4. The molecule has 38 heteroatoms. The van der Waals surface area contributed by atoms with Crippen LogP contribution in [0.3, 0.4) is 0 Å². The van der Waals surface area contributed by atoms with Crippen LogP contribution in [-0.4, -0.2) is 217 Å². The number of nitrogens with one attached hydrogen (secondary N) is 11. The van der Waals surface area contributed by atoms with Gasteiger partial charge in [0.05, 0.1) is 31.7 Å². The second-order valence-electron chi connectivity index (χ2n) is 22.0. The van der Waals surface area contributed by atoms with E-state index < -0.39 is 244 Å². The van der Waals surface area contributed by atoms with Gasteiger partial charge < -0.3 is 106 Å². The minimum absolute atomic E-state index is 0.0835. The van der Waals surface area contributed by atoms with Crippen molar-refractivity contribution in [3.8, 4) is 5.75 Å². The number of hydrogen-bond acceptors (Lipinski definition) is 21. The van der Waals surface area contributed by atoms with E-state index in [-0.39, 0.29) is 30.3 Å². The fourth-order valence-electron chi connectivity index (χ4n) is 8.34. The average Bonchev–Trinajstić information content (AvgIpc) is 1.13. The number of hydrogen-bond donors (Lipinski definition) is 21. The van der Waals surface area contributed by atoms with Gasteiger partial charge in [0, 0.05) is 37.9 Å².